The molecule has 0 saturated heterocycles. The van der Waals surface area contributed by atoms with Gasteiger partial charge < -0.3 is 0 Å². The number of rotatable bonds is 1. The summed E-state index contributed by atoms with van der Waals surface area (Å²) in [5.74, 6) is 0. The van der Waals surface area contributed by atoms with E-state index in [4.69, 9.17) is 0 Å². The van der Waals surface area contributed by atoms with Gasteiger partial charge >= 0.3 is 0 Å². The summed E-state index contributed by atoms with van der Waals surface area (Å²) in [7, 11) is 0. The lowest BCUT2D eigenvalue weighted by molar-refractivity contribution is 1.27. The van der Waals surface area contributed by atoms with Crippen molar-refractivity contribution in [2.45, 2.75) is 20.8 Å². The number of aromatic nitrogens is 1. The first-order valence-corrected chi connectivity index (χ1v) is 5.17. The lowest BCUT2D eigenvalue weighted by atomic mass is 9.97. The summed E-state index contributed by atoms with van der Waals surface area (Å²) in [6, 6.07) is 8.58. The average molecular weight is 197 g/mol. The van der Waals surface area contributed by atoms with Gasteiger partial charge in [-0.15, -0.1) is 0 Å². The van der Waals surface area contributed by atoms with Crippen molar-refractivity contribution in [2.24, 2.45) is 0 Å². The summed E-state index contributed by atoms with van der Waals surface area (Å²) < 4.78 is 0. The highest BCUT2D eigenvalue weighted by atomic mass is 14.6. The van der Waals surface area contributed by atoms with Crippen molar-refractivity contribution in [3.05, 3.63) is 53.3 Å². The minimum absolute atomic E-state index is 1.23. The second-order valence-electron chi connectivity index (χ2n) is 4.01. The molecule has 0 bridgehead atoms. The Hall–Kier alpha value is -1.63. The largest absolute Gasteiger partial charge is 0.264 e. The van der Waals surface area contributed by atoms with E-state index in [1.165, 1.54) is 27.8 Å². The first kappa shape index (κ1) is 9.91. The van der Waals surface area contributed by atoms with Crippen LogP contribution in [0.1, 0.15) is 16.7 Å². The summed E-state index contributed by atoms with van der Waals surface area (Å²) in [6.45, 7) is 6.39. The highest BCUT2D eigenvalue weighted by Crippen LogP contribution is 2.26. The molecule has 1 heteroatoms. The summed E-state index contributed by atoms with van der Waals surface area (Å²) in [4.78, 5) is 4.19. The van der Waals surface area contributed by atoms with Crippen LogP contribution in [0.4, 0.5) is 0 Å². The molecule has 1 heterocycles. The number of hydrogen-bond acceptors (Lipinski definition) is 1. The van der Waals surface area contributed by atoms with Crippen LogP contribution in [0.5, 0.6) is 0 Å². The molecule has 1 nitrogen and oxygen atoms in total. The quantitative estimate of drug-likeness (QED) is 0.679. The topological polar surface area (TPSA) is 12.9 Å². The third-order valence-corrected chi connectivity index (χ3v) is 2.71. The molecule has 0 amide bonds. The van der Waals surface area contributed by atoms with Gasteiger partial charge in [0.05, 0.1) is 0 Å². The van der Waals surface area contributed by atoms with Gasteiger partial charge in [-0.25, -0.2) is 0 Å². The summed E-state index contributed by atoms with van der Waals surface area (Å²) in [5, 5.41) is 0. The maximum absolute atomic E-state index is 4.19. The van der Waals surface area contributed by atoms with E-state index >= 15 is 0 Å². The second kappa shape index (κ2) is 3.85. The molecule has 0 saturated carbocycles. The van der Waals surface area contributed by atoms with Gasteiger partial charge in [-0.2, -0.15) is 0 Å². The predicted octanol–water partition coefficient (Wildman–Crippen LogP) is 3.67. The summed E-state index contributed by atoms with van der Waals surface area (Å²) >= 11 is 0. The van der Waals surface area contributed by atoms with Crippen molar-refractivity contribution in [1.29, 1.82) is 0 Å². The van der Waals surface area contributed by atoms with E-state index in [0.29, 0.717) is 0 Å². The van der Waals surface area contributed by atoms with E-state index in [0.717, 1.165) is 0 Å². The lowest BCUT2D eigenvalue weighted by Crippen LogP contribution is -1.88. The van der Waals surface area contributed by atoms with Gasteiger partial charge in [0, 0.05) is 18.0 Å². The molecule has 0 aliphatic heterocycles. The van der Waals surface area contributed by atoms with Gasteiger partial charge in [-0.1, -0.05) is 23.8 Å². The van der Waals surface area contributed by atoms with Crippen molar-refractivity contribution in [1.82, 2.24) is 4.98 Å². The van der Waals surface area contributed by atoms with E-state index in [1.54, 1.807) is 0 Å². The molecule has 0 N–H and O–H groups in total. The smallest absolute Gasteiger partial charge is 0.0349 e. The third kappa shape index (κ3) is 1.91. The van der Waals surface area contributed by atoms with Crippen LogP contribution in [-0.2, 0) is 0 Å². The van der Waals surface area contributed by atoms with Gasteiger partial charge in [-0.05, 0) is 43.5 Å². The van der Waals surface area contributed by atoms with Crippen molar-refractivity contribution in [2.75, 3.05) is 0 Å². The number of aryl methyl sites for hydroxylation is 3. The first-order valence-electron chi connectivity index (χ1n) is 5.17. The van der Waals surface area contributed by atoms with E-state index in [2.05, 4.69) is 50.0 Å². The van der Waals surface area contributed by atoms with Crippen LogP contribution >= 0.6 is 0 Å². The Kier molecular flexibility index (Phi) is 2.55. The molecule has 0 spiro atoms. The van der Waals surface area contributed by atoms with Gasteiger partial charge in [0.2, 0.25) is 0 Å². The Labute approximate surface area is 90.8 Å². The van der Waals surface area contributed by atoms with Crippen molar-refractivity contribution in [3.8, 4) is 11.1 Å². The monoisotopic (exact) mass is 197 g/mol. The van der Waals surface area contributed by atoms with Crippen LogP contribution in [0.25, 0.3) is 11.1 Å². The first-order chi connectivity index (χ1) is 7.18. The molecule has 1 aromatic heterocycles. The number of benzene rings is 1. The SMILES string of the molecule is Cc1ccc(-c2cnccc2C)c(C)c1. The highest BCUT2D eigenvalue weighted by molar-refractivity contribution is 5.69. The third-order valence-electron chi connectivity index (χ3n) is 2.71. The van der Waals surface area contributed by atoms with Gasteiger partial charge in [-0.3, -0.25) is 4.98 Å². The van der Waals surface area contributed by atoms with E-state index in [-0.39, 0.29) is 0 Å². The average Bonchev–Trinajstić information content (AvgIpc) is 2.20. The van der Waals surface area contributed by atoms with Crippen LogP contribution in [0.2, 0.25) is 0 Å². The Morgan fingerprint density at radius 3 is 2.33 bits per heavy atom. The van der Waals surface area contributed by atoms with Crippen LogP contribution in [0, 0.1) is 20.8 Å². The van der Waals surface area contributed by atoms with Crippen molar-refractivity contribution in [3.63, 3.8) is 0 Å². The molecule has 15 heavy (non-hydrogen) atoms. The molecule has 0 aliphatic carbocycles. The molecule has 76 valence electrons. The fourth-order valence-corrected chi connectivity index (χ4v) is 1.86. The lowest BCUT2D eigenvalue weighted by Gasteiger charge is -2.09. The minimum atomic E-state index is 1.23. The fourth-order valence-electron chi connectivity index (χ4n) is 1.86. The Bertz CT molecular complexity index is 486. The zero-order valence-electron chi connectivity index (χ0n) is 9.41. The summed E-state index contributed by atoms with van der Waals surface area (Å²) in [6.07, 6.45) is 3.77. The van der Waals surface area contributed by atoms with Crippen LogP contribution < -0.4 is 0 Å². The molecule has 0 fully saturated rings. The molecule has 0 radical (unpaired) electrons. The van der Waals surface area contributed by atoms with E-state index in [9.17, 15) is 0 Å². The molecule has 1 aromatic carbocycles. The molecular weight excluding hydrogens is 182 g/mol. The van der Waals surface area contributed by atoms with Gasteiger partial charge in [0.1, 0.15) is 0 Å². The predicted molar refractivity (Wildman–Crippen MR) is 63.9 cm³/mol. The number of nitrogens with zero attached hydrogens (tertiary/aromatic N) is 1. The Morgan fingerprint density at radius 1 is 0.867 bits per heavy atom. The van der Waals surface area contributed by atoms with Crippen LogP contribution in [0.3, 0.4) is 0 Å². The molecule has 0 unspecified atom stereocenters. The summed E-state index contributed by atoms with van der Waals surface area (Å²) in [5.41, 5.74) is 6.40. The molecule has 2 rings (SSSR count). The highest BCUT2D eigenvalue weighted by Gasteiger charge is 2.04. The van der Waals surface area contributed by atoms with Gasteiger partial charge in [0.15, 0.2) is 0 Å². The minimum Gasteiger partial charge on any atom is -0.264 e. The zero-order chi connectivity index (χ0) is 10.8. The number of pyridine rings is 1. The standard InChI is InChI=1S/C14H15N/c1-10-4-5-13(12(3)8-10)14-9-15-7-6-11(14)2/h4-9H,1-3H3. The van der Waals surface area contributed by atoms with Gasteiger partial charge in [0.25, 0.3) is 0 Å². The Morgan fingerprint density at radius 2 is 1.67 bits per heavy atom. The van der Waals surface area contributed by atoms with E-state index < -0.39 is 0 Å². The molecule has 0 atom stereocenters. The van der Waals surface area contributed by atoms with Crippen molar-refractivity contribution >= 4 is 0 Å². The molecule has 2 aromatic rings. The van der Waals surface area contributed by atoms with Crippen LogP contribution in [0.15, 0.2) is 36.7 Å². The Balaban J connectivity index is 2.60. The fraction of sp³-hybridized carbons (Fsp3) is 0.214. The maximum atomic E-state index is 4.19. The second-order valence-corrected chi connectivity index (χ2v) is 4.01. The number of hydrogen-bond donors (Lipinski definition) is 0. The molecule has 0 aliphatic rings. The molecular formula is C14H15N. The van der Waals surface area contributed by atoms with E-state index in [1.807, 2.05) is 12.4 Å². The normalized spacial score (nSPS) is 10.3. The van der Waals surface area contributed by atoms with Crippen molar-refractivity contribution < 1.29 is 0 Å². The maximum Gasteiger partial charge on any atom is 0.0349 e. The van der Waals surface area contributed by atoms with Crippen LogP contribution in [-0.4, -0.2) is 4.98 Å². The zero-order valence-corrected chi connectivity index (χ0v) is 9.41.